The van der Waals surface area contributed by atoms with Gasteiger partial charge in [0.2, 0.25) is 5.91 Å². The maximum atomic E-state index is 12.8. The maximum Gasteiger partial charge on any atom is 0.239 e. The number of hydrogen-bond donors (Lipinski definition) is 1. The van der Waals surface area contributed by atoms with Crippen LogP contribution in [0, 0.1) is 11.8 Å². The molecule has 1 unspecified atom stereocenters. The summed E-state index contributed by atoms with van der Waals surface area (Å²) in [7, 11) is 0. The topological polar surface area (TPSA) is 49.4 Å². The third kappa shape index (κ3) is 5.79. The first-order valence-electron chi connectivity index (χ1n) is 10.2. The molecule has 2 saturated heterocycles. The fraction of sp³-hybridized carbons (Fsp3) is 0.636. The second kappa shape index (κ2) is 10.2. The minimum absolute atomic E-state index is 0. The van der Waals surface area contributed by atoms with Crippen molar-refractivity contribution < 1.29 is 9.59 Å². The first-order chi connectivity index (χ1) is 12.5. The Labute approximate surface area is 169 Å². The molecule has 150 valence electrons. The molecule has 1 aromatic carbocycles. The molecule has 0 spiro atoms. The molecule has 1 aromatic rings. The van der Waals surface area contributed by atoms with Gasteiger partial charge in [-0.05, 0) is 50.1 Å². The Morgan fingerprint density at radius 3 is 2.30 bits per heavy atom. The van der Waals surface area contributed by atoms with Crippen LogP contribution >= 0.6 is 12.4 Å². The van der Waals surface area contributed by atoms with E-state index in [0.29, 0.717) is 19.0 Å². The fourth-order valence-corrected chi connectivity index (χ4v) is 4.16. The highest BCUT2D eigenvalue weighted by atomic mass is 35.5. The fourth-order valence-electron chi connectivity index (χ4n) is 4.16. The van der Waals surface area contributed by atoms with Crippen molar-refractivity contribution in [3.63, 3.8) is 0 Å². The molecule has 1 atom stereocenters. The Morgan fingerprint density at radius 2 is 1.74 bits per heavy atom. The van der Waals surface area contributed by atoms with Gasteiger partial charge in [0.25, 0.3) is 0 Å². The number of piperidine rings is 2. The smallest absolute Gasteiger partial charge is 0.239 e. The molecule has 2 aliphatic heterocycles. The molecule has 0 bridgehead atoms. The van der Waals surface area contributed by atoms with Gasteiger partial charge in [0, 0.05) is 24.6 Å². The Hall–Kier alpha value is -1.39. The van der Waals surface area contributed by atoms with Crippen LogP contribution in [0.3, 0.4) is 0 Å². The molecular weight excluding hydrogens is 360 g/mol. The number of carbonyl (C=O) groups is 2. The molecule has 2 fully saturated rings. The highest BCUT2D eigenvalue weighted by molar-refractivity contribution is 5.98. The minimum atomic E-state index is -0.00972. The van der Waals surface area contributed by atoms with Crippen molar-refractivity contribution in [2.45, 2.75) is 58.4 Å². The first kappa shape index (κ1) is 21.9. The molecule has 3 rings (SSSR count). The molecule has 2 heterocycles. The van der Waals surface area contributed by atoms with Crippen LogP contribution < -0.4 is 5.32 Å². The summed E-state index contributed by atoms with van der Waals surface area (Å²) in [6.07, 6.45) is 5.85. The van der Waals surface area contributed by atoms with Crippen LogP contribution in [-0.2, 0) is 11.2 Å². The number of rotatable bonds is 5. The number of amides is 1. The minimum Gasteiger partial charge on any atom is -0.341 e. The second-order valence-electron chi connectivity index (χ2n) is 8.26. The predicted octanol–water partition coefficient (Wildman–Crippen LogP) is 3.87. The summed E-state index contributed by atoms with van der Waals surface area (Å²) in [4.78, 5) is 27.4. The van der Waals surface area contributed by atoms with Crippen LogP contribution in [0.1, 0.15) is 61.9 Å². The summed E-state index contributed by atoms with van der Waals surface area (Å²) < 4.78 is 0. The van der Waals surface area contributed by atoms with Crippen molar-refractivity contribution in [3.8, 4) is 0 Å². The van der Waals surface area contributed by atoms with Gasteiger partial charge in [-0.25, -0.2) is 0 Å². The van der Waals surface area contributed by atoms with E-state index >= 15 is 0 Å². The molecule has 1 N–H and O–H groups in total. The van der Waals surface area contributed by atoms with E-state index in [2.05, 4.69) is 31.3 Å². The molecule has 0 aliphatic carbocycles. The van der Waals surface area contributed by atoms with Crippen LogP contribution in [0.25, 0.3) is 0 Å². The second-order valence-corrected chi connectivity index (χ2v) is 8.26. The third-order valence-corrected chi connectivity index (χ3v) is 5.67. The molecule has 0 aromatic heterocycles. The van der Waals surface area contributed by atoms with Crippen molar-refractivity contribution in [1.29, 1.82) is 0 Å². The Morgan fingerprint density at radius 1 is 1.07 bits per heavy atom. The number of carbonyl (C=O) groups excluding carboxylic acids is 2. The van der Waals surface area contributed by atoms with Gasteiger partial charge in [0.15, 0.2) is 5.78 Å². The van der Waals surface area contributed by atoms with E-state index in [1.54, 1.807) is 0 Å². The third-order valence-electron chi connectivity index (χ3n) is 5.67. The van der Waals surface area contributed by atoms with Crippen LogP contribution in [0.4, 0.5) is 0 Å². The molecule has 27 heavy (non-hydrogen) atoms. The normalized spacial score (nSPS) is 21.0. The van der Waals surface area contributed by atoms with Gasteiger partial charge in [0.05, 0.1) is 6.04 Å². The summed E-state index contributed by atoms with van der Waals surface area (Å²) in [5.74, 6) is 1.14. The van der Waals surface area contributed by atoms with E-state index in [0.717, 1.165) is 50.6 Å². The maximum absolute atomic E-state index is 12.8. The lowest BCUT2D eigenvalue weighted by Gasteiger charge is -2.35. The van der Waals surface area contributed by atoms with Crippen molar-refractivity contribution >= 4 is 24.1 Å². The van der Waals surface area contributed by atoms with E-state index in [1.807, 2.05) is 17.0 Å². The zero-order chi connectivity index (χ0) is 18.5. The number of nitrogens with zero attached hydrogens (tertiary/aromatic N) is 1. The average Bonchev–Trinajstić information content (AvgIpc) is 2.68. The largest absolute Gasteiger partial charge is 0.341 e. The van der Waals surface area contributed by atoms with Crippen molar-refractivity contribution in [2.24, 2.45) is 11.8 Å². The van der Waals surface area contributed by atoms with Gasteiger partial charge < -0.3 is 10.2 Å². The number of halogens is 1. The van der Waals surface area contributed by atoms with Crippen LogP contribution in [0.5, 0.6) is 0 Å². The van der Waals surface area contributed by atoms with E-state index in [1.165, 1.54) is 5.56 Å². The van der Waals surface area contributed by atoms with Crippen LogP contribution in [0.2, 0.25) is 0 Å². The summed E-state index contributed by atoms with van der Waals surface area (Å²) in [5, 5.41) is 3.34. The van der Waals surface area contributed by atoms with Crippen molar-refractivity contribution in [2.75, 3.05) is 19.6 Å². The first-order valence-corrected chi connectivity index (χ1v) is 10.2. The summed E-state index contributed by atoms with van der Waals surface area (Å²) in [6.45, 7) is 6.77. The molecule has 0 radical (unpaired) electrons. The quantitative estimate of drug-likeness (QED) is 0.774. The molecule has 2 aliphatic rings. The van der Waals surface area contributed by atoms with E-state index in [9.17, 15) is 9.59 Å². The molecular formula is C22H33ClN2O2. The SMILES string of the molecule is CC(C)Cc1ccc(C(=O)C2CCN(C(=O)C3CCCCN3)CC2)cc1.Cl. The van der Waals surface area contributed by atoms with Crippen LogP contribution in [-0.4, -0.2) is 42.3 Å². The van der Waals surface area contributed by atoms with E-state index in [4.69, 9.17) is 0 Å². The zero-order valence-electron chi connectivity index (χ0n) is 16.6. The van der Waals surface area contributed by atoms with E-state index in [-0.39, 0.29) is 36.1 Å². The Balaban J connectivity index is 0.00000261. The standard InChI is InChI=1S/C22H32N2O2.ClH/c1-16(2)15-17-6-8-18(9-7-17)21(25)19-10-13-24(14-11-19)22(26)20-5-3-4-12-23-20;/h6-9,16,19-20,23H,3-5,10-15H2,1-2H3;1H. The molecule has 4 nitrogen and oxygen atoms in total. The highest BCUT2D eigenvalue weighted by Crippen LogP contribution is 2.23. The predicted molar refractivity (Wildman–Crippen MR) is 112 cm³/mol. The lowest BCUT2D eigenvalue weighted by Crippen LogP contribution is -2.51. The molecule has 1 amide bonds. The van der Waals surface area contributed by atoms with E-state index < -0.39 is 0 Å². The summed E-state index contributed by atoms with van der Waals surface area (Å²) >= 11 is 0. The Kier molecular flexibility index (Phi) is 8.30. The van der Waals surface area contributed by atoms with Gasteiger partial charge in [-0.3, -0.25) is 9.59 Å². The van der Waals surface area contributed by atoms with Gasteiger partial charge in [-0.2, -0.15) is 0 Å². The highest BCUT2D eigenvalue weighted by Gasteiger charge is 2.31. The summed E-state index contributed by atoms with van der Waals surface area (Å²) in [5.41, 5.74) is 2.10. The van der Waals surface area contributed by atoms with Crippen molar-refractivity contribution in [3.05, 3.63) is 35.4 Å². The summed E-state index contributed by atoms with van der Waals surface area (Å²) in [6, 6.07) is 8.11. The van der Waals surface area contributed by atoms with Gasteiger partial charge in [-0.1, -0.05) is 44.5 Å². The molecule has 0 saturated carbocycles. The average molecular weight is 393 g/mol. The van der Waals surface area contributed by atoms with Gasteiger partial charge in [0.1, 0.15) is 0 Å². The van der Waals surface area contributed by atoms with Crippen molar-refractivity contribution in [1.82, 2.24) is 10.2 Å². The Bertz CT molecular complexity index is 616. The number of benzene rings is 1. The van der Waals surface area contributed by atoms with Gasteiger partial charge >= 0.3 is 0 Å². The number of Topliss-reactive ketones (excluding diaryl/α,β-unsaturated/α-hetero) is 1. The number of nitrogens with one attached hydrogen (secondary N) is 1. The lowest BCUT2D eigenvalue weighted by atomic mass is 9.88. The van der Waals surface area contributed by atoms with Crippen LogP contribution in [0.15, 0.2) is 24.3 Å². The van der Waals surface area contributed by atoms with Gasteiger partial charge in [-0.15, -0.1) is 12.4 Å². The number of ketones is 1. The molecule has 5 heteroatoms. The number of likely N-dealkylation sites (tertiary alicyclic amines) is 1. The zero-order valence-corrected chi connectivity index (χ0v) is 17.4. The monoisotopic (exact) mass is 392 g/mol. The lowest BCUT2D eigenvalue weighted by molar-refractivity contribution is -0.135. The number of hydrogen-bond acceptors (Lipinski definition) is 3.